The topological polar surface area (TPSA) is 42.0 Å². The fraction of sp³-hybridized carbons (Fsp3) is 0.158. The van der Waals surface area contributed by atoms with Crippen molar-refractivity contribution in [3.05, 3.63) is 75.0 Å². The summed E-state index contributed by atoms with van der Waals surface area (Å²) in [7, 11) is 0. The predicted octanol–water partition coefficient (Wildman–Crippen LogP) is 5.45. The molecule has 0 radical (unpaired) electrons. The van der Waals surface area contributed by atoms with E-state index in [4.69, 9.17) is 4.98 Å². The average molecular weight is 401 g/mol. The average Bonchev–Trinajstić information content (AvgIpc) is 3.10. The highest BCUT2D eigenvalue weighted by Crippen LogP contribution is 2.28. The lowest BCUT2D eigenvalue weighted by atomic mass is 10.1. The number of carbonyl (C=O) groups is 1. The van der Waals surface area contributed by atoms with Crippen molar-refractivity contribution in [2.75, 3.05) is 0 Å². The van der Waals surface area contributed by atoms with Crippen LogP contribution in [0.4, 0.5) is 0 Å². The van der Waals surface area contributed by atoms with E-state index in [1.807, 2.05) is 60.0 Å². The number of nitrogens with one attached hydrogen (secondary N) is 1. The van der Waals surface area contributed by atoms with E-state index in [1.54, 1.807) is 11.3 Å². The monoisotopic (exact) mass is 400 g/mol. The smallest absolute Gasteiger partial charge is 0.251 e. The molecule has 1 atom stereocenters. The molecule has 122 valence electrons. The summed E-state index contributed by atoms with van der Waals surface area (Å²) in [5.41, 5.74) is 2.67. The maximum Gasteiger partial charge on any atom is 0.251 e. The second-order valence-corrected chi connectivity index (χ2v) is 7.19. The van der Waals surface area contributed by atoms with Gasteiger partial charge in [0.15, 0.2) is 0 Å². The molecule has 3 aromatic rings. The standard InChI is InChI=1S/C19H17BrN2OS/c1-2-16(21-18(23)13-7-4-3-5-8-13)19-22-17(12-24-19)14-9-6-10-15(20)11-14/h3-12,16H,2H2,1H3,(H,21,23)/t16-/m0/s1. The molecule has 0 spiro atoms. The van der Waals surface area contributed by atoms with Crippen LogP contribution in [0.25, 0.3) is 11.3 Å². The number of nitrogens with zero attached hydrogens (tertiary/aromatic N) is 1. The summed E-state index contributed by atoms with van der Waals surface area (Å²) in [6.07, 6.45) is 0.796. The van der Waals surface area contributed by atoms with Gasteiger partial charge in [0, 0.05) is 21.0 Å². The number of carbonyl (C=O) groups excluding carboxylic acids is 1. The van der Waals surface area contributed by atoms with Crippen LogP contribution in [0.15, 0.2) is 64.5 Å². The Labute approximate surface area is 153 Å². The van der Waals surface area contributed by atoms with E-state index in [9.17, 15) is 4.79 Å². The van der Waals surface area contributed by atoms with Crippen LogP contribution in [-0.4, -0.2) is 10.9 Å². The van der Waals surface area contributed by atoms with Crippen LogP contribution < -0.4 is 5.32 Å². The zero-order valence-corrected chi connectivity index (χ0v) is 15.6. The SMILES string of the molecule is CC[C@H](NC(=O)c1ccccc1)c1nc(-c2cccc(Br)c2)cs1. The first kappa shape index (κ1) is 16.9. The Kier molecular flexibility index (Phi) is 5.43. The number of halogens is 1. The predicted molar refractivity (Wildman–Crippen MR) is 102 cm³/mol. The highest BCUT2D eigenvalue weighted by Gasteiger charge is 2.17. The minimum atomic E-state index is -0.0800. The van der Waals surface area contributed by atoms with Crippen molar-refractivity contribution in [2.24, 2.45) is 0 Å². The van der Waals surface area contributed by atoms with Crippen molar-refractivity contribution in [2.45, 2.75) is 19.4 Å². The molecule has 3 nitrogen and oxygen atoms in total. The molecule has 0 bridgehead atoms. The summed E-state index contributed by atoms with van der Waals surface area (Å²) in [6.45, 7) is 2.05. The molecule has 1 heterocycles. The third-order valence-electron chi connectivity index (χ3n) is 3.69. The van der Waals surface area contributed by atoms with Gasteiger partial charge >= 0.3 is 0 Å². The lowest BCUT2D eigenvalue weighted by Gasteiger charge is -2.14. The van der Waals surface area contributed by atoms with E-state index < -0.39 is 0 Å². The van der Waals surface area contributed by atoms with Crippen molar-refractivity contribution in [3.8, 4) is 11.3 Å². The lowest BCUT2D eigenvalue weighted by molar-refractivity contribution is 0.0935. The second-order valence-electron chi connectivity index (χ2n) is 5.38. The molecule has 1 N–H and O–H groups in total. The highest BCUT2D eigenvalue weighted by molar-refractivity contribution is 9.10. The van der Waals surface area contributed by atoms with Crippen molar-refractivity contribution >= 4 is 33.2 Å². The highest BCUT2D eigenvalue weighted by atomic mass is 79.9. The van der Waals surface area contributed by atoms with Gasteiger partial charge in [-0.05, 0) is 30.7 Å². The lowest BCUT2D eigenvalue weighted by Crippen LogP contribution is -2.28. The molecule has 0 aliphatic rings. The molecule has 0 aliphatic carbocycles. The zero-order chi connectivity index (χ0) is 16.9. The van der Waals surface area contributed by atoms with E-state index in [2.05, 4.69) is 28.2 Å². The molecule has 3 rings (SSSR count). The number of rotatable bonds is 5. The van der Waals surface area contributed by atoms with Gasteiger partial charge in [-0.2, -0.15) is 0 Å². The molecular weight excluding hydrogens is 384 g/mol. The Bertz CT molecular complexity index is 832. The zero-order valence-electron chi connectivity index (χ0n) is 13.2. The van der Waals surface area contributed by atoms with Gasteiger partial charge in [-0.25, -0.2) is 4.98 Å². The van der Waals surface area contributed by atoms with E-state index in [0.717, 1.165) is 27.2 Å². The summed E-state index contributed by atoms with van der Waals surface area (Å²) in [5.74, 6) is -0.0679. The summed E-state index contributed by atoms with van der Waals surface area (Å²) < 4.78 is 1.03. The fourth-order valence-corrected chi connectivity index (χ4v) is 3.76. The van der Waals surface area contributed by atoms with E-state index in [-0.39, 0.29) is 11.9 Å². The van der Waals surface area contributed by atoms with Crippen LogP contribution in [0, 0.1) is 0 Å². The fourth-order valence-electron chi connectivity index (χ4n) is 2.40. The minimum absolute atomic E-state index is 0.0679. The Morgan fingerprint density at radius 3 is 2.71 bits per heavy atom. The first-order valence-electron chi connectivity index (χ1n) is 7.74. The van der Waals surface area contributed by atoms with E-state index >= 15 is 0 Å². The molecule has 1 aromatic heterocycles. The normalized spacial score (nSPS) is 11.9. The quantitative estimate of drug-likeness (QED) is 0.618. The first-order chi connectivity index (χ1) is 11.7. The van der Waals surface area contributed by atoms with Gasteiger partial charge in [-0.3, -0.25) is 4.79 Å². The third-order valence-corrected chi connectivity index (χ3v) is 5.14. The van der Waals surface area contributed by atoms with E-state index in [1.165, 1.54) is 0 Å². The summed E-state index contributed by atoms with van der Waals surface area (Å²) in [6, 6.07) is 17.2. The maximum atomic E-state index is 12.4. The molecular formula is C19H17BrN2OS. The molecule has 0 aliphatic heterocycles. The Hall–Kier alpha value is -1.98. The number of aromatic nitrogens is 1. The van der Waals surface area contributed by atoms with Gasteiger partial charge in [-0.15, -0.1) is 11.3 Å². The van der Waals surface area contributed by atoms with Crippen LogP contribution in [0.5, 0.6) is 0 Å². The maximum absolute atomic E-state index is 12.4. The second kappa shape index (κ2) is 7.73. The molecule has 24 heavy (non-hydrogen) atoms. The van der Waals surface area contributed by atoms with Gasteiger partial charge in [0.2, 0.25) is 0 Å². The molecule has 1 amide bonds. The summed E-state index contributed by atoms with van der Waals surface area (Å²) >= 11 is 5.07. The minimum Gasteiger partial charge on any atom is -0.343 e. The molecule has 0 saturated heterocycles. The molecule has 5 heteroatoms. The van der Waals surface area contributed by atoms with Crippen molar-refractivity contribution in [3.63, 3.8) is 0 Å². The van der Waals surface area contributed by atoms with Crippen molar-refractivity contribution in [1.82, 2.24) is 10.3 Å². The third kappa shape index (κ3) is 3.91. The summed E-state index contributed by atoms with van der Waals surface area (Å²) in [4.78, 5) is 17.1. The Balaban J connectivity index is 1.78. The van der Waals surface area contributed by atoms with Gasteiger partial charge in [0.05, 0.1) is 11.7 Å². The summed E-state index contributed by atoms with van der Waals surface area (Å²) in [5, 5.41) is 6.04. The number of amides is 1. The Morgan fingerprint density at radius 1 is 1.21 bits per heavy atom. The molecule has 0 unspecified atom stereocenters. The Morgan fingerprint density at radius 2 is 2.00 bits per heavy atom. The van der Waals surface area contributed by atoms with Crippen LogP contribution in [0.2, 0.25) is 0 Å². The van der Waals surface area contributed by atoms with E-state index in [0.29, 0.717) is 5.56 Å². The molecule has 0 fully saturated rings. The van der Waals surface area contributed by atoms with Crippen LogP contribution in [-0.2, 0) is 0 Å². The molecule has 2 aromatic carbocycles. The van der Waals surface area contributed by atoms with Gasteiger partial charge in [-0.1, -0.05) is 53.2 Å². The van der Waals surface area contributed by atoms with Crippen LogP contribution in [0.1, 0.15) is 34.8 Å². The first-order valence-corrected chi connectivity index (χ1v) is 9.42. The van der Waals surface area contributed by atoms with Crippen molar-refractivity contribution < 1.29 is 4.79 Å². The van der Waals surface area contributed by atoms with Crippen LogP contribution >= 0.6 is 27.3 Å². The largest absolute Gasteiger partial charge is 0.343 e. The number of thiazole rings is 1. The number of hydrogen-bond acceptors (Lipinski definition) is 3. The van der Waals surface area contributed by atoms with Gasteiger partial charge < -0.3 is 5.32 Å². The molecule has 0 saturated carbocycles. The van der Waals surface area contributed by atoms with Crippen LogP contribution in [0.3, 0.4) is 0 Å². The van der Waals surface area contributed by atoms with Gasteiger partial charge in [0.1, 0.15) is 5.01 Å². The number of hydrogen-bond donors (Lipinski definition) is 1. The van der Waals surface area contributed by atoms with Crippen molar-refractivity contribution in [1.29, 1.82) is 0 Å². The number of benzene rings is 2. The van der Waals surface area contributed by atoms with Gasteiger partial charge in [0.25, 0.3) is 5.91 Å².